The van der Waals surface area contributed by atoms with Crippen molar-refractivity contribution in [2.24, 2.45) is 0 Å². The monoisotopic (exact) mass is 234 g/mol. The number of benzene rings is 1. The standard InChI is InChI=1S/C15H22O2/c1-2-3-4-5-6-7-8-13-9-10-15(17)14(11-13)12-16/h9-12,17H,2-8H2,1H3. The number of carbonyl (C=O) groups is 1. The van der Waals surface area contributed by atoms with Crippen LogP contribution < -0.4 is 0 Å². The molecule has 0 fully saturated rings. The third-order valence-corrected chi connectivity index (χ3v) is 3.04. The lowest BCUT2D eigenvalue weighted by Crippen LogP contribution is -1.89. The molecule has 0 heterocycles. The van der Waals surface area contributed by atoms with E-state index >= 15 is 0 Å². The van der Waals surface area contributed by atoms with Gasteiger partial charge < -0.3 is 5.11 Å². The first-order valence-electron chi connectivity index (χ1n) is 6.55. The summed E-state index contributed by atoms with van der Waals surface area (Å²) >= 11 is 0. The fourth-order valence-electron chi connectivity index (χ4n) is 1.96. The van der Waals surface area contributed by atoms with Gasteiger partial charge in [-0.05, 0) is 30.5 Å². The van der Waals surface area contributed by atoms with E-state index in [2.05, 4.69) is 6.92 Å². The number of unbranched alkanes of at least 4 members (excludes halogenated alkanes) is 5. The molecule has 0 aliphatic heterocycles. The van der Waals surface area contributed by atoms with Crippen molar-refractivity contribution in [3.63, 3.8) is 0 Å². The molecule has 17 heavy (non-hydrogen) atoms. The van der Waals surface area contributed by atoms with E-state index in [0.717, 1.165) is 18.4 Å². The number of aromatic hydroxyl groups is 1. The van der Waals surface area contributed by atoms with Gasteiger partial charge in [0.1, 0.15) is 5.75 Å². The Hall–Kier alpha value is -1.31. The van der Waals surface area contributed by atoms with Crippen molar-refractivity contribution in [3.05, 3.63) is 29.3 Å². The van der Waals surface area contributed by atoms with Crippen molar-refractivity contribution in [2.75, 3.05) is 0 Å². The van der Waals surface area contributed by atoms with Crippen molar-refractivity contribution in [3.8, 4) is 5.75 Å². The zero-order chi connectivity index (χ0) is 12.5. The van der Waals surface area contributed by atoms with Gasteiger partial charge in [-0.3, -0.25) is 4.79 Å². The Kier molecular flexibility index (Phi) is 6.38. The van der Waals surface area contributed by atoms with Crippen molar-refractivity contribution >= 4 is 6.29 Å². The molecule has 0 saturated carbocycles. The number of phenolic OH excluding ortho intramolecular Hbond substituents is 1. The van der Waals surface area contributed by atoms with Crippen LogP contribution in [-0.4, -0.2) is 11.4 Å². The molecule has 1 aromatic carbocycles. The summed E-state index contributed by atoms with van der Waals surface area (Å²) in [6.07, 6.45) is 9.34. The summed E-state index contributed by atoms with van der Waals surface area (Å²) in [5.41, 5.74) is 1.54. The molecule has 0 saturated heterocycles. The molecular formula is C15H22O2. The summed E-state index contributed by atoms with van der Waals surface area (Å²) < 4.78 is 0. The van der Waals surface area contributed by atoms with Crippen LogP contribution in [-0.2, 0) is 6.42 Å². The molecule has 0 radical (unpaired) electrons. The first-order chi connectivity index (χ1) is 8.27. The Morgan fingerprint density at radius 3 is 2.53 bits per heavy atom. The van der Waals surface area contributed by atoms with Gasteiger partial charge in [0.15, 0.2) is 6.29 Å². The van der Waals surface area contributed by atoms with Gasteiger partial charge in [-0.15, -0.1) is 0 Å². The molecule has 1 N–H and O–H groups in total. The van der Waals surface area contributed by atoms with Gasteiger partial charge in [0.2, 0.25) is 0 Å². The molecule has 94 valence electrons. The molecule has 0 amide bonds. The van der Waals surface area contributed by atoms with E-state index in [4.69, 9.17) is 0 Å². The highest BCUT2D eigenvalue weighted by atomic mass is 16.3. The van der Waals surface area contributed by atoms with Gasteiger partial charge in [0, 0.05) is 0 Å². The summed E-state index contributed by atoms with van der Waals surface area (Å²) in [6.45, 7) is 2.22. The van der Waals surface area contributed by atoms with Crippen LogP contribution in [0.1, 0.15) is 61.4 Å². The quantitative estimate of drug-likeness (QED) is 0.543. The number of carbonyl (C=O) groups excluding carboxylic acids is 1. The van der Waals surface area contributed by atoms with Crippen LogP contribution in [0.2, 0.25) is 0 Å². The minimum absolute atomic E-state index is 0.0756. The van der Waals surface area contributed by atoms with Crippen LogP contribution >= 0.6 is 0 Å². The van der Waals surface area contributed by atoms with E-state index in [1.54, 1.807) is 12.1 Å². The first kappa shape index (κ1) is 13.8. The summed E-state index contributed by atoms with van der Waals surface area (Å²) in [4.78, 5) is 10.7. The molecule has 2 heteroatoms. The predicted molar refractivity (Wildman–Crippen MR) is 70.6 cm³/mol. The highest BCUT2D eigenvalue weighted by Gasteiger charge is 2.01. The average molecular weight is 234 g/mol. The molecule has 0 atom stereocenters. The molecule has 1 rings (SSSR count). The lowest BCUT2D eigenvalue weighted by atomic mass is 10.0. The maximum Gasteiger partial charge on any atom is 0.153 e. The lowest BCUT2D eigenvalue weighted by Gasteiger charge is -2.04. The number of aryl methyl sites for hydroxylation is 1. The first-order valence-corrected chi connectivity index (χ1v) is 6.55. The summed E-state index contributed by atoms with van der Waals surface area (Å²) in [6, 6.07) is 5.29. The average Bonchev–Trinajstić information content (AvgIpc) is 2.35. The van der Waals surface area contributed by atoms with Crippen LogP contribution in [0.15, 0.2) is 18.2 Å². The maximum absolute atomic E-state index is 10.7. The number of hydrogen-bond acceptors (Lipinski definition) is 2. The lowest BCUT2D eigenvalue weighted by molar-refractivity contribution is 0.112. The predicted octanol–water partition coefficient (Wildman–Crippen LogP) is 4.11. The highest BCUT2D eigenvalue weighted by Crippen LogP contribution is 2.18. The van der Waals surface area contributed by atoms with Crippen LogP contribution in [0, 0.1) is 0 Å². The van der Waals surface area contributed by atoms with E-state index in [9.17, 15) is 9.90 Å². The van der Waals surface area contributed by atoms with Crippen LogP contribution in [0.25, 0.3) is 0 Å². The second-order valence-electron chi connectivity index (χ2n) is 4.53. The Balaban J connectivity index is 2.29. The number of rotatable bonds is 8. The van der Waals surface area contributed by atoms with Crippen LogP contribution in [0.3, 0.4) is 0 Å². The Morgan fingerprint density at radius 1 is 1.12 bits per heavy atom. The van der Waals surface area contributed by atoms with Crippen LogP contribution in [0.5, 0.6) is 5.75 Å². The van der Waals surface area contributed by atoms with Gasteiger partial charge in [-0.1, -0.05) is 45.1 Å². The Morgan fingerprint density at radius 2 is 1.82 bits per heavy atom. The van der Waals surface area contributed by atoms with Crippen molar-refractivity contribution in [1.29, 1.82) is 0 Å². The number of aldehydes is 1. The Bertz CT molecular complexity index is 345. The number of phenols is 1. The van der Waals surface area contributed by atoms with Crippen molar-refractivity contribution < 1.29 is 9.90 Å². The SMILES string of the molecule is CCCCCCCCc1ccc(O)c(C=O)c1. The third-order valence-electron chi connectivity index (χ3n) is 3.04. The van der Waals surface area contributed by atoms with E-state index in [-0.39, 0.29) is 5.75 Å². The smallest absolute Gasteiger partial charge is 0.153 e. The normalized spacial score (nSPS) is 10.4. The highest BCUT2D eigenvalue weighted by molar-refractivity contribution is 5.79. The van der Waals surface area contributed by atoms with Crippen LogP contribution in [0.4, 0.5) is 0 Å². The zero-order valence-electron chi connectivity index (χ0n) is 10.6. The molecule has 0 unspecified atom stereocenters. The van der Waals surface area contributed by atoms with E-state index in [0.29, 0.717) is 11.8 Å². The molecule has 1 aromatic rings. The topological polar surface area (TPSA) is 37.3 Å². The second-order valence-corrected chi connectivity index (χ2v) is 4.53. The Labute approximate surface area is 104 Å². The minimum Gasteiger partial charge on any atom is -0.507 e. The summed E-state index contributed by atoms with van der Waals surface area (Å²) in [5, 5.41) is 9.37. The fourth-order valence-corrected chi connectivity index (χ4v) is 1.96. The van der Waals surface area contributed by atoms with E-state index < -0.39 is 0 Å². The van der Waals surface area contributed by atoms with Gasteiger partial charge in [-0.25, -0.2) is 0 Å². The van der Waals surface area contributed by atoms with Gasteiger partial charge in [0.05, 0.1) is 5.56 Å². The number of hydrogen-bond donors (Lipinski definition) is 1. The second kappa shape index (κ2) is 7.88. The van der Waals surface area contributed by atoms with Gasteiger partial charge in [-0.2, -0.15) is 0 Å². The fraction of sp³-hybridized carbons (Fsp3) is 0.533. The third kappa shape index (κ3) is 5.03. The summed E-state index contributed by atoms with van der Waals surface area (Å²) in [7, 11) is 0. The summed E-state index contributed by atoms with van der Waals surface area (Å²) in [5.74, 6) is 0.0756. The van der Waals surface area contributed by atoms with E-state index in [1.807, 2.05) is 6.07 Å². The largest absolute Gasteiger partial charge is 0.507 e. The van der Waals surface area contributed by atoms with Crippen molar-refractivity contribution in [1.82, 2.24) is 0 Å². The molecule has 0 aliphatic carbocycles. The molecule has 0 aromatic heterocycles. The van der Waals surface area contributed by atoms with Gasteiger partial charge >= 0.3 is 0 Å². The van der Waals surface area contributed by atoms with Crippen molar-refractivity contribution in [2.45, 2.75) is 51.9 Å². The molecule has 0 bridgehead atoms. The molecule has 0 spiro atoms. The zero-order valence-corrected chi connectivity index (χ0v) is 10.6. The minimum atomic E-state index is 0.0756. The van der Waals surface area contributed by atoms with Gasteiger partial charge in [0.25, 0.3) is 0 Å². The van der Waals surface area contributed by atoms with E-state index in [1.165, 1.54) is 32.1 Å². The maximum atomic E-state index is 10.7. The molecular weight excluding hydrogens is 212 g/mol. The molecule has 0 aliphatic rings. The molecule has 2 nitrogen and oxygen atoms in total.